The molecule has 0 aromatic rings. The quantitative estimate of drug-likeness (QED) is 0.718. The van der Waals surface area contributed by atoms with Crippen molar-refractivity contribution in [2.45, 2.75) is 38.8 Å². The summed E-state index contributed by atoms with van der Waals surface area (Å²) in [5.41, 5.74) is 5.70. The summed E-state index contributed by atoms with van der Waals surface area (Å²) in [5.74, 6) is 0.676. The van der Waals surface area contributed by atoms with E-state index in [1.807, 2.05) is 13.8 Å². The minimum absolute atomic E-state index is 0.125. The average Bonchev–Trinajstić information content (AvgIpc) is 2.15. The highest BCUT2D eigenvalue weighted by Crippen LogP contribution is 2.15. The number of ether oxygens (including phenoxy) is 2. The summed E-state index contributed by atoms with van der Waals surface area (Å²) >= 11 is 0. The molecule has 1 unspecified atom stereocenters. The van der Waals surface area contributed by atoms with Gasteiger partial charge in [0.15, 0.2) is 0 Å². The Morgan fingerprint density at radius 2 is 2.00 bits per heavy atom. The van der Waals surface area contributed by atoms with E-state index >= 15 is 0 Å². The Bertz CT molecular complexity index is 133. The fourth-order valence-electron chi connectivity index (χ4n) is 1.35. The van der Waals surface area contributed by atoms with Gasteiger partial charge in [0.2, 0.25) is 0 Å². The predicted molar refractivity (Wildman–Crippen MR) is 52.6 cm³/mol. The van der Waals surface area contributed by atoms with Crippen LogP contribution >= 0.6 is 0 Å². The molecule has 0 aromatic heterocycles. The fraction of sp³-hybridized carbons (Fsp3) is 1.00. The first-order chi connectivity index (χ1) is 6.20. The molecule has 13 heavy (non-hydrogen) atoms. The third-order valence-corrected chi connectivity index (χ3v) is 2.68. The molecule has 1 rings (SSSR count). The number of hydrogen-bond acceptors (Lipinski definition) is 3. The van der Waals surface area contributed by atoms with Gasteiger partial charge in [-0.1, -0.05) is 0 Å². The molecule has 1 aliphatic rings. The van der Waals surface area contributed by atoms with E-state index in [9.17, 15) is 0 Å². The molecule has 1 heterocycles. The van der Waals surface area contributed by atoms with Crippen LogP contribution in [0.15, 0.2) is 0 Å². The van der Waals surface area contributed by atoms with Crippen molar-refractivity contribution in [3.63, 3.8) is 0 Å². The molecule has 1 saturated heterocycles. The van der Waals surface area contributed by atoms with E-state index in [2.05, 4.69) is 0 Å². The van der Waals surface area contributed by atoms with Crippen LogP contribution in [-0.2, 0) is 9.47 Å². The normalized spacial score (nSPS) is 24.2. The first-order valence-electron chi connectivity index (χ1n) is 5.15. The summed E-state index contributed by atoms with van der Waals surface area (Å²) in [6, 6.07) is 0.125. The minimum atomic E-state index is 0.125. The number of hydrogen-bond donors (Lipinski definition) is 1. The second-order valence-electron chi connectivity index (χ2n) is 3.95. The van der Waals surface area contributed by atoms with Crippen molar-refractivity contribution in [1.82, 2.24) is 0 Å². The van der Waals surface area contributed by atoms with Crippen LogP contribution in [0.2, 0.25) is 0 Å². The summed E-state index contributed by atoms with van der Waals surface area (Å²) in [4.78, 5) is 0. The standard InChI is InChI=1S/C10H21NO2/c1-8(11)9(2)13-7-10-3-5-12-6-4-10/h8-10H,3-7,11H2,1-2H3/t8-,9?/m0/s1. The third-order valence-electron chi connectivity index (χ3n) is 2.68. The van der Waals surface area contributed by atoms with Gasteiger partial charge in [-0.15, -0.1) is 0 Å². The molecule has 0 aromatic carbocycles. The van der Waals surface area contributed by atoms with Crippen LogP contribution in [0.4, 0.5) is 0 Å². The minimum Gasteiger partial charge on any atom is -0.381 e. The van der Waals surface area contributed by atoms with Crippen LogP contribution in [0.3, 0.4) is 0 Å². The molecular weight excluding hydrogens is 166 g/mol. The van der Waals surface area contributed by atoms with Gasteiger partial charge in [0.25, 0.3) is 0 Å². The van der Waals surface area contributed by atoms with Crippen LogP contribution in [0.25, 0.3) is 0 Å². The van der Waals surface area contributed by atoms with E-state index in [0.29, 0.717) is 5.92 Å². The lowest BCUT2D eigenvalue weighted by molar-refractivity contribution is -0.0107. The van der Waals surface area contributed by atoms with E-state index in [0.717, 1.165) is 32.7 Å². The zero-order valence-corrected chi connectivity index (χ0v) is 8.66. The van der Waals surface area contributed by atoms with Gasteiger partial charge in [0, 0.05) is 25.9 Å². The zero-order chi connectivity index (χ0) is 9.68. The van der Waals surface area contributed by atoms with Crippen LogP contribution in [0.1, 0.15) is 26.7 Å². The lowest BCUT2D eigenvalue weighted by atomic mass is 10.0. The fourth-order valence-corrected chi connectivity index (χ4v) is 1.35. The van der Waals surface area contributed by atoms with Crippen molar-refractivity contribution in [2.24, 2.45) is 11.7 Å². The Balaban J connectivity index is 2.10. The maximum Gasteiger partial charge on any atom is 0.0695 e. The molecule has 0 spiro atoms. The maximum absolute atomic E-state index is 5.70. The second-order valence-corrected chi connectivity index (χ2v) is 3.95. The largest absolute Gasteiger partial charge is 0.381 e. The van der Waals surface area contributed by atoms with Gasteiger partial charge < -0.3 is 15.2 Å². The summed E-state index contributed by atoms with van der Waals surface area (Å²) in [6.07, 6.45) is 2.43. The van der Waals surface area contributed by atoms with Crippen LogP contribution in [0, 0.1) is 5.92 Å². The SMILES string of the molecule is CC(OCC1CCOCC1)[C@H](C)N. The van der Waals surface area contributed by atoms with Crippen molar-refractivity contribution in [3.05, 3.63) is 0 Å². The van der Waals surface area contributed by atoms with Crippen molar-refractivity contribution < 1.29 is 9.47 Å². The molecule has 2 atom stereocenters. The highest BCUT2D eigenvalue weighted by molar-refractivity contribution is 4.66. The van der Waals surface area contributed by atoms with E-state index in [1.54, 1.807) is 0 Å². The molecule has 1 fully saturated rings. The Labute approximate surface area is 80.6 Å². The number of nitrogens with two attached hydrogens (primary N) is 1. The summed E-state index contributed by atoms with van der Waals surface area (Å²) in [6.45, 7) is 6.63. The van der Waals surface area contributed by atoms with Crippen molar-refractivity contribution in [3.8, 4) is 0 Å². The number of rotatable bonds is 4. The molecule has 0 bridgehead atoms. The van der Waals surface area contributed by atoms with Gasteiger partial charge >= 0.3 is 0 Å². The first kappa shape index (κ1) is 11.0. The molecule has 0 radical (unpaired) electrons. The Hall–Kier alpha value is -0.120. The van der Waals surface area contributed by atoms with E-state index in [4.69, 9.17) is 15.2 Å². The Morgan fingerprint density at radius 3 is 2.54 bits per heavy atom. The van der Waals surface area contributed by atoms with Crippen molar-refractivity contribution >= 4 is 0 Å². The predicted octanol–water partition coefficient (Wildman–Crippen LogP) is 1.17. The van der Waals surface area contributed by atoms with Crippen LogP contribution in [-0.4, -0.2) is 32.0 Å². The molecular formula is C10H21NO2. The Morgan fingerprint density at radius 1 is 1.38 bits per heavy atom. The first-order valence-corrected chi connectivity index (χ1v) is 5.15. The summed E-state index contributed by atoms with van der Waals surface area (Å²) in [5, 5.41) is 0. The average molecular weight is 187 g/mol. The molecule has 0 aliphatic carbocycles. The van der Waals surface area contributed by atoms with Gasteiger partial charge in [0.05, 0.1) is 6.10 Å². The molecule has 3 nitrogen and oxygen atoms in total. The van der Waals surface area contributed by atoms with Crippen LogP contribution < -0.4 is 5.73 Å². The molecule has 3 heteroatoms. The van der Waals surface area contributed by atoms with Crippen molar-refractivity contribution in [2.75, 3.05) is 19.8 Å². The lowest BCUT2D eigenvalue weighted by Crippen LogP contribution is -2.33. The lowest BCUT2D eigenvalue weighted by Gasteiger charge is -2.24. The second kappa shape index (κ2) is 5.58. The van der Waals surface area contributed by atoms with Crippen LogP contribution in [0.5, 0.6) is 0 Å². The van der Waals surface area contributed by atoms with Gasteiger partial charge in [-0.3, -0.25) is 0 Å². The van der Waals surface area contributed by atoms with E-state index in [-0.39, 0.29) is 12.1 Å². The van der Waals surface area contributed by atoms with Crippen molar-refractivity contribution in [1.29, 1.82) is 0 Å². The molecule has 2 N–H and O–H groups in total. The topological polar surface area (TPSA) is 44.5 Å². The zero-order valence-electron chi connectivity index (χ0n) is 8.66. The van der Waals surface area contributed by atoms with E-state index < -0.39 is 0 Å². The molecule has 1 aliphatic heterocycles. The van der Waals surface area contributed by atoms with Gasteiger partial charge in [-0.2, -0.15) is 0 Å². The highest BCUT2D eigenvalue weighted by Gasteiger charge is 2.16. The van der Waals surface area contributed by atoms with E-state index in [1.165, 1.54) is 0 Å². The molecule has 0 amide bonds. The summed E-state index contributed by atoms with van der Waals surface area (Å²) < 4.78 is 10.9. The van der Waals surface area contributed by atoms with Gasteiger partial charge in [-0.25, -0.2) is 0 Å². The van der Waals surface area contributed by atoms with Gasteiger partial charge in [-0.05, 0) is 32.6 Å². The molecule has 0 saturated carbocycles. The third kappa shape index (κ3) is 4.07. The summed E-state index contributed by atoms with van der Waals surface area (Å²) in [7, 11) is 0. The molecule has 78 valence electrons. The van der Waals surface area contributed by atoms with Gasteiger partial charge in [0.1, 0.15) is 0 Å². The Kier molecular flexibility index (Phi) is 4.70. The monoisotopic (exact) mass is 187 g/mol. The maximum atomic E-state index is 5.70. The highest BCUT2D eigenvalue weighted by atomic mass is 16.5. The smallest absolute Gasteiger partial charge is 0.0695 e.